The van der Waals surface area contributed by atoms with Crippen LogP contribution >= 0.6 is 11.3 Å². The van der Waals surface area contributed by atoms with E-state index in [1.54, 1.807) is 11.6 Å². The number of carbonyl (C=O) groups is 1. The molecule has 0 aliphatic carbocycles. The molecular weight excluding hydrogens is 314 g/mol. The van der Waals surface area contributed by atoms with E-state index in [1.165, 1.54) is 22.2 Å². The second kappa shape index (κ2) is 6.72. The van der Waals surface area contributed by atoms with Gasteiger partial charge in [0.25, 0.3) is 0 Å². The summed E-state index contributed by atoms with van der Waals surface area (Å²) in [6.45, 7) is 0.139. The summed E-state index contributed by atoms with van der Waals surface area (Å²) < 4.78 is 6.55. The first kappa shape index (κ1) is 14.7. The average Bonchev–Trinajstić information content (AvgIpc) is 3.23. The number of ether oxygens (including phenoxy) is 1. The molecule has 3 aromatic rings. The van der Waals surface area contributed by atoms with Gasteiger partial charge in [0.05, 0.1) is 6.20 Å². The third-order valence-electron chi connectivity index (χ3n) is 2.92. The molecule has 0 unspecified atom stereocenters. The lowest BCUT2D eigenvalue weighted by molar-refractivity contribution is 0.155. The molecule has 0 radical (unpaired) electrons. The van der Waals surface area contributed by atoms with Gasteiger partial charge in [0, 0.05) is 11.6 Å². The van der Waals surface area contributed by atoms with Crippen molar-refractivity contribution in [1.29, 1.82) is 5.26 Å². The summed E-state index contributed by atoms with van der Waals surface area (Å²) in [7, 11) is 0. The molecule has 0 bridgehead atoms. The van der Waals surface area contributed by atoms with Crippen molar-refractivity contribution in [2.24, 2.45) is 0 Å². The average molecular weight is 325 g/mol. The van der Waals surface area contributed by atoms with Crippen LogP contribution < -0.4 is 5.32 Å². The molecule has 3 rings (SSSR count). The fourth-order valence-corrected chi connectivity index (χ4v) is 2.48. The maximum Gasteiger partial charge on any atom is 0.413 e. The van der Waals surface area contributed by atoms with Gasteiger partial charge in [-0.3, -0.25) is 5.32 Å². The number of amides is 1. The molecule has 0 aliphatic rings. The van der Waals surface area contributed by atoms with Crippen molar-refractivity contribution >= 4 is 23.2 Å². The lowest BCUT2D eigenvalue weighted by Crippen LogP contribution is -2.17. The van der Waals surface area contributed by atoms with Crippen molar-refractivity contribution in [2.75, 3.05) is 5.32 Å². The molecule has 8 heteroatoms. The molecule has 0 spiro atoms. The van der Waals surface area contributed by atoms with Gasteiger partial charge in [0.1, 0.15) is 18.2 Å². The fourth-order valence-electron chi connectivity index (χ4n) is 1.87. The van der Waals surface area contributed by atoms with E-state index in [9.17, 15) is 4.79 Å². The number of rotatable bonds is 4. The van der Waals surface area contributed by atoms with Crippen LogP contribution in [0.2, 0.25) is 0 Å². The van der Waals surface area contributed by atoms with Crippen molar-refractivity contribution in [3.8, 4) is 11.2 Å². The van der Waals surface area contributed by atoms with E-state index in [-0.39, 0.29) is 18.0 Å². The van der Waals surface area contributed by atoms with Gasteiger partial charge in [-0.25, -0.2) is 9.78 Å². The predicted octanol–water partition coefficient (Wildman–Crippen LogP) is 2.95. The number of nitriles is 1. The third-order valence-corrected chi connectivity index (χ3v) is 3.67. The Bertz CT molecular complexity index is 837. The van der Waals surface area contributed by atoms with Gasteiger partial charge in [-0.15, -0.1) is 11.3 Å². The van der Waals surface area contributed by atoms with Gasteiger partial charge in [-0.05, 0) is 5.56 Å². The predicted molar refractivity (Wildman–Crippen MR) is 84.2 cm³/mol. The summed E-state index contributed by atoms with van der Waals surface area (Å²) in [5.41, 5.74) is 1.11. The Morgan fingerprint density at radius 1 is 1.39 bits per heavy atom. The van der Waals surface area contributed by atoms with Gasteiger partial charge in [-0.1, -0.05) is 30.3 Å². The molecule has 1 N–H and O–H groups in total. The van der Waals surface area contributed by atoms with Crippen LogP contribution in [-0.4, -0.2) is 20.9 Å². The second-order valence-electron chi connectivity index (χ2n) is 4.43. The summed E-state index contributed by atoms with van der Waals surface area (Å²) in [4.78, 5) is 16.1. The van der Waals surface area contributed by atoms with Crippen LogP contribution in [-0.2, 0) is 11.3 Å². The van der Waals surface area contributed by atoms with Crippen molar-refractivity contribution in [3.63, 3.8) is 0 Å². The Labute approximate surface area is 135 Å². The standard InChI is InChI=1S/C15H11N5O2S/c16-8-12-9-18-20(14-17-6-7-23-14)13(12)19-15(21)22-10-11-4-2-1-3-5-11/h1-7,9H,10H2,(H,19,21). The first-order chi connectivity index (χ1) is 11.3. The van der Waals surface area contributed by atoms with Gasteiger partial charge in [-0.2, -0.15) is 15.0 Å². The number of aromatic nitrogens is 3. The van der Waals surface area contributed by atoms with Crippen LogP contribution in [0.1, 0.15) is 11.1 Å². The number of nitrogens with zero attached hydrogens (tertiary/aromatic N) is 4. The summed E-state index contributed by atoms with van der Waals surface area (Å²) in [6, 6.07) is 11.3. The van der Waals surface area contributed by atoms with E-state index in [0.717, 1.165) is 5.56 Å². The minimum atomic E-state index is -0.663. The number of benzene rings is 1. The first-order valence-electron chi connectivity index (χ1n) is 6.63. The second-order valence-corrected chi connectivity index (χ2v) is 5.30. The Balaban J connectivity index is 1.73. The molecule has 2 heterocycles. The molecule has 0 fully saturated rings. The Kier molecular flexibility index (Phi) is 4.31. The van der Waals surface area contributed by atoms with Crippen molar-refractivity contribution in [1.82, 2.24) is 14.8 Å². The van der Waals surface area contributed by atoms with E-state index in [4.69, 9.17) is 10.00 Å². The third kappa shape index (κ3) is 3.36. The van der Waals surface area contributed by atoms with E-state index >= 15 is 0 Å². The Morgan fingerprint density at radius 3 is 2.91 bits per heavy atom. The largest absolute Gasteiger partial charge is 0.444 e. The van der Waals surface area contributed by atoms with Gasteiger partial charge in [0.15, 0.2) is 5.82 Å². The lowest BCUT2D eigenvalue weighted by atomic mass is 10.2. The molecule has 0 atom stereocenters. The minimum absolute atomic E-state index is 0.139. The summed E-state index contributed by atoms with van der Waals surface area (Å²) in [5.74, 6) is 0.237. The molecule has 114 valence electrons. The maximum absolute atomic E-state index is 12.0. The number of anilines is 1. The Hall–Kier alpha value is -3.18. The van der Waals surface area contributed by atoms with Crippen molar-refractivity contribution < 1.29 is 9.53 Å². The zero-order chi connectivity index (χ0) is 16.1. The van der Waals surface area contributed by atoms with Gasteiger partial charge in [0.2, 0.25) is 5.13 Å². The molecule has 1 aromatic carbocycles. The summed E-state index contributed by atoms with van der Waals surface area (Å²) in [5, 5.41) is 18.1. The van der Waals surface area contributed by atoms with Gasteiger partial charge >= 0.3 is 6.09 Å². The number of nitrogens with one attached hydrogen (secondary N) is 1. The van der Waals surface area contributed by atoms with Crippen molar-refractivity contribution in [2.45, 2.75) is 6.61 Å². The maximum atomic E-state index is 12.0. The summed E-state index contributed by atoms with van der Waals surface area (Å²) in [6.07, 6.45) is 2.32. The van der Waals surface area contributed by atoms with Crippen LogP contribution in [0.15, 0.2) is 48.1 Å². The monoisotopic (exact) mass is 325 g/mol. The molecule has 2 aromatic heterocycles. The van der Waals surface area contributed by atoms with E-state index in [2.05, 4.69) is 15.4 Å². The van der Waals surface area contributed by atoms with Gasteiger partial charge < -0.3 is 4.74 Å². The van der Waals surface area contributed by atoms with Crippen LogP contribution in [0.4, 0.5) is 10.6 Å². The highest BCUT2D eigenvalue weighted by Gasteiger charge is 2.17. The molecule has 1 amide bonds. The van der Waals surface area contributed by atoms with Crippen LogP contribution in [0, 0.1) is 11.3 Å². The topological polar surface area (TPSA) is 92.8 Å². The molecule has 0 saturated heterocycles. The highest BCUT2D eigenvalue weighted by molar-refractivity contribution is 7.12. The van der Waals surface area contributed by atoms with Crippen LogP contribution in [0.25, 0.3) is 5.13 Å². The normalized spacial score (nSPS) is 10.0. The highest BCUT2D eigenvalue weighted by Crippen LogP contribution is 2.21. The quantitative estimate of drug-likeness (QED) is 0.796. The van der Waals surface area contributed by atoms with E-state index in [1.807, 2.05) is 36.4 Å². The van der Waals surface area contributed by atoms with Crippen LogP contribution in [0.5, 0.6) is 0 Å². The smallest absolute Gasteiger partial charge is 0.413 e. The first-order valence-corrected chi connectivity index (χ1v) is 7.51. The number of hydrogen-bond donors (Lipinski definition) is 1. The zero-order valence-corrected chi connectivity index (χ0v) is 12.7. The molecule has 0 aliphatic heterocycles. The summed E-state index contributed by atoms with van der Waals surface area (Å²) >= 11 is 1.34. The molecule has 0 saturated carbocycles. The number of carbonyl (C=O) groups excluding carboxylic acids is 1. The Morgan fingerprint density at radius 2 is 2.22 bits per heavy atom. The van der Waals surface area contributed by atoms with E-state index in [0.29, 0.717) is 5.13 Å². The lowest BCUT2D eigenvalue weighted by Gasteiger charge is -2.08. The number of hydrogen-bond acceptors (Lipinski definition) is 6. The molecule has 7 nitrogen and oxygen atoms in total. The van der Waals surface area contributed by atoms with Crippen LogP contribution in [0.3, 0.4) is 0 Å². The SMILES string of the molecule is N#Cc1cnn(-c2nccs2)c1NC(=O)OCc1ccccc1. The van der Waals surface area contributed by atoms with E-state index < -0.39 is 6.09 Å². The highest BCUT2D eigenvalue weighted by atomic mass is 32.1. The molecular formula is C15H11N5O2S. The fraction of sp³-hybridized carbons (Fsp3) is 0.0667. The zero-order valence-electron chi connectivity index (χ0n) is 11.8. The van der Waals surface area contributed by atoms with Crippen molar-refractivity contribution in [3.05, 3.63) is 59.2 Å². The number of thiazole rings is 1. The minimum Gasteiger partial charge on any atom is -0.444 e. The molecule has 23 heavy (non-hydrogen) atoms.